The second kappa shape index (κ2) is 6.43. The minimum atomic E-state index is -2.58. The van der Waals surface area contributed by atoms with Gasteiger partial charge in [0.15, 0.2) is 0 Å². The van der Waals surface area contributed by atoms with Gasteiger partial charge in [-0.15, -0.1) is 0 Å². The van der Waals surface area contributed by atoms with Crippen molar-refractivity contribution in [3.05, 3.63) is 34.9 Å². The van der Waals surface area contributed by atoms with Crippen molar-refractivity contribution in [2.24, 2.45) is 5.73 Å². The van der Waals surface area contributed by atoms with Gasteiger partial charge in [-0.2, -0.15) is 0 Å². The smallest absolute Gasteiger partial charge is 0.248 e. The van der Waals surface area contributed by atoms with Crippen LogP contribution in [0.1, 0.15) is 31.2 Å². The summed E-state index contributed by atoms with van der Waals surface area (Å²) in [5.74, 6) is -2.66. The lowest BCUT2D eigenvalue weighted by molar-refractivity contribution is -0.113. The Bertz CT molecular complexity index is 551. The second-order valence-corrected chi connectivity index (χ2v) is 5.51. The lowest BCUT2D eigenvalue weighted by Crippen LogP contribution is -2.30. The van der Waals surface area contributed by atoms with Gasteiger partial charge in [-0.25, -0.2) is 8.78 Å². The lowest BCUT2D eigenvalue weighted by Gasteiger charge is -2.28. The molecule has 1 aliphatic rings. The van der Waals surface area contributed by atoms with Gasteiger partial charge in [0, 0.05) is 18.9 Å². The van der Waals surface area contributed by atoms with Crippen LogP contribution >= 0.6 is 11.6 Å². The predicted molar refractivity (Wildman–Crippen MR) is 77.5 cm³/mol. The van der Waals surface area contributed by atoms with Crippen LogP contribution in [0.15, 0.2) is 24.3 Å². The number of carbonyl (C=O) groups excluding carboxylic acids is 1. The fourth-order valence-electron chi connectivity index (χ4n) is 2.21. The van der Waals surface area contributed by atoms with E-state index in [-0.39, 0.29) is 18.9 Å². The summed E-state index contributed by atoms with van der Waals surface area (Å²) in [4.78, 5) is 10.7. The van der Waals surface area contributed by atoms with Crippen molar-refractivity contribution in [2.75, 3.05) is 0 Å². The van der Waals surface area contributed by atoms with Crippen molar-refractivity contribution >= 4 is 23.6 Å². The zero-order valence-corrected chi connectivity index (χ0v) is 12.1. The molecule has 2 rings (SSSR count). The van der Waals surface area contributed by atoms with Crippen LogP contribution in [-0.2, 0) is 4.79 Å². The molecule has 1 aromatic rings. The first-order chi connectivity index (χ1) is 9.85. The highest BCUT2D eigenvalue weighted by molar-refractivity contribution is 6.32. The van der Waals surface area contributed by atoms with Crippen LogP contribution in [0.3, 0.4) is 0 Å². The molecule has 0 bridgehead atoms. The van der Waals surface area contributed by atoms with Gasteiger partial charge in [0.2, 0.25) is 11.8 Å². The zero-order valence-electron chi connectivity index (χ0n) is 11.3. The normalized spacial score (nSPS) is 18.8. The van der Waals surface area contributed by atoms with E-state index >= 15 is 0 Å². The molecule has 1 amide bonds. The van der Waals surface area contributed by atoms with Crippen molar-refractivity contribution in [3.63, 3.8) is 0 Å². The summed E-state index contributed by atoms with van der Waals surface area (Å²) < 4.78 is 31.8. The first-order valence-corrected chi connectivity index (χ1v) is 7.05. The minimum Gasteiger partial charge on any atom is -0.489 e. The molecule has 1 fully saturated rings. The summed E-state index contributed by atoms with van der Waals surface area (Å²) >= 11 is 6.10. The molecule has 21 heavy (non-hydrogen) atoms. The largest absolute Gasteiger partial charge is 0.489 e. The Morgan fingerprint density at radius 2 is 2.05 bits per heavy atom. The van der Waals surface area contributed by atoms with Crippen LogP contribution in [0.4, 0.5) is 8.78 Å². The zero-order chi connectivity index (χ0) is 15.5. The molecular weight excluding hydrogens is 300 g/mol. The number of nitrogens with two attached hydrogens (primary N) is 1. The van der Waals surface area contributed by atoms with Crippen LogP contribution in [0.5, 0.6) is 5.75 Å². The maximum absolute atomic E-state index is 13.1. The number of alkyl halides is 2. The molecule has 3 nitrogen and oxygen atoms in total. The van der Waals surface area contributed by atoms with E-state index in [0.29, 0.717) is 29.2 Å². The maximum atomic E-state index is 13.1. The predicted octanol–water partition coefficient (Wildman–Crippen LogP) is 3.80. The van der Waals surface area contributed by atoms with Crippen LogP contribution in [0.2, 0.25) is 5.02 Å². The van der Waals surface area contributed by atoms with Gasteiger partial charge >= 0.3 is 0 Å². The fraction of sp³-hybridized carbons (Fsp3) is 0.400. The van der Waals surface area contributed by atoms with Crippen LogP contribution in [0, 0.1) is 0 Å². The molecule has 0 saturated heterocycles. The van der Waals surface area contributed by atoms with Crippen molar-refractivity contribution in [1.29, 1.82) is 0 Å². The third-order valence-electron chi connectivity index (χ3n) is 3.35. The summed E-state index contributed by atoms with van der Waals surface area (Å²) in [6.07, 6.45) is 2.84. The lowest BCUT2D eigenvalue weighted by atomic mass is 9.94. The van der Waals surface area contributed by atoms with Crippen molar-refractivity contribution in [2.45, 2.75) is 37.7 Å². The van der Waals surface area contributed by atoms with Gasteiger partial charge in [-0.3, -0.25) is 4.79 Å². The number of hydrogen-bond donors (Lipinski definition) is 1. The Balaban J connectivity index is 2.00. The molecule has 114 valence electrons. The number of amides is 1. The first-order valence-electron chi connectivity index (χ1n) is 6.67. The monoisotopic (exact) mass is 315 g/mol. The van der Waals surface area contributed by atoms with E-state index in [1.807, 2.05) is 0 Å². The van der Waals surface area contributed by atoms with E-state index in [4.69, 9.17) is 22.1 Å². The number of rotatable bonds is 4. The standard InChI is InChI=1S/C15H16ClF2NO2/c16-12-9-10(2-4-14(19)20)1-3-13(12)21-11-5-7-15(17,18)8-6-11/h1-4,9,11H,5-8H2,(H2,19,20). The topological polar surface area (TPSA) is 52.3 Å². The summed E-state index contributed by atoms with van der Waals surface area (Å²) in [6, 6.07) is 5.02. The summed E-state index contributed by atoms with van der Waals surface area (Å²) in [7, 11) is 0. The molecule has 0 aromatic heterocycles. The highest BCUT2D eigenvalue weighted by Crippen LogP contribution is 2.36. The number of halogens is 3. The van der Waals surface area contributed by atoms with Crippen LogP contribution in [-0.4, -0.2) is 17.9 Å². The Morgan fingerprint density at radius 3 is 2.62 bits per heavy atom. The quantitative estimate of drug-likeness (QED) is 0.859. The van der Waals surface area contributed by atoms with Gasteiger partial charge in [-0.05, 0) is 36.6 Å². The Labute approximate surface area is 126 Å². The molecule has 0 radical (unpaired) electrons. The van der Waals surface area contributed by atoms with E-state index in [1.54, 1.807) is 24.3 Å². The Kier molecular flexibility index (Phi) is 4.83. The molecule has 6 heteroatoms. The molecule has 1 aliphatic carbocycles. The molecule has 0 heterocycles. The van der Waals surface area contributed by atoms with E-state index in [1.165, 1.54) is 6.08 Å². The summed E-state index contributed by atoms with van der Waals surface area (Å²) in [5, 5.41) is 0.374. The summed E-state index contributed by atoms with van der Waals surface area (Å²) in [6.45, 7) is 0. The third-order valence-corrected chi connectivity index (χ3v) is 3.65. The fourth-order valence-corrected chi connectivity index (χ4v) is 2.44. The van der Waals surface area contributed by atoms with E-state index in [9.17, 15) is 13.6 Å². The average molecular weight is 316 g/mol. The molecule has 0 atom stereocenters. The van der Waals surface area contributed by atoms with Crippen molar-refractivity contribution in [3.8, 4) is 5.75 Å². The van der Waals surface area contributed by atoms with Gasteiger partial charge in [0.25, 0.3) is 0 Å². The van der Waals surface area contributed by atoms with Gasteiger partial charge in [0.05, 0.1) is 11.1 Å². The van der Waals surface area contributed by atoms with Gasteiger partial charge < -0.3 is 10.5 Å². The van der Waals surface area contributed by atoms with E-state index in [2.05, 4.69) is 0 Å². The van der Waals surface area contributed by atoms with Gasteiger partial charge in [0.1, 0.15) is 5.75 Å². The SMILES string of the molecule is NC(=O)C=Cc1ccc(OC2CCC(F)(F)CC2)c(Cl)c1. The number of carbonyl (C=O) groups is 1. The second-order valence-electron chi connectivity index (χ2n) is 5.10. The highest BCUT2D eigenvalue weighted by atomic mass is 35.5. The molecule has 0 unspecified atom stereocenters. The molecule has 2 N–H and O–H groups in total. The number of benzene rings is 1. The molecule has 1 aromatic carbocycles. The number of hydrogen-bond acceptors (Lipinski definition) is 2. The Morgan fingerprint density at radius 1 is 1.38 bits per heavy atom. The van der Waals surface area contributed by atoms with Crippen molar-refractivity contribution < 1.29 is 18.3 Å². The van der Waals surface area contributed by atoms with Crippen LogP contribution < -0.4 is 10.5 Å². The van der Waals surface area contributed by atoms with Gasteiger partial charge in [-0.1, -0.05) is 17.7 Å². The molecule has 0 spiro atoms. The van der Waals surface area contributed by atoms with E-state index < -0.39 is 11.8 Å². The molecule has 1 saturated carbocycles. The minimum absolute atomic E-state index is 0.158. The first kappa shape index (κ1) is 15.8. The van der Waals surface area contributed by atoms with Crippen molar-refractivity contribution in [1.82, 2.24) is 0 Å². The third kappa shape index (κ3) is 4.70. The maximum Gasteiger partial charge on any atom is 0.248 e. The highest BCUT2D eigenvalue weighted by Gasteiger charge is 2.35. The van der Waals surface area contributed by atoms with Crippen LogP contribution in [0.25, 0.3) is 6.08 Å². The Hall–Kier alpha value is -1.62. The summed E-state index contributed by atoms with van der Waals surface area (Å²) in [5.41, 5.74) is 5.72. The van der Waals surface area contributed by atoms with E-state index in [0.717, 1.165) is 0 Å². The average Bonchev–Trinajstić information content (AvgIpc) is 2.41. The molecular formula is C15H16ClF2NO2. The number of primary amides is 1. The number of ether oxygens (including phenoxy) is 1. The molecule has 0 aliphatic heterocycles.